The maximum atomic E-state index is 11.5. The van der Waals surface area contributed by atoms with Crippen molar-refractivity contribution in [2.75, 3.05) is 17.2 Å². The van der Waals surface area contributed by atoms with Gasteiger partial charge in [-0.15, -0.1) is 0 Å². The predicted octanol–water partition coefficient (Wildman–Crippen LogP) is 1.57. The van der Waals surface area contributed by atoms with Gasteiger partial charge >= 0.3 is 0 Å². The molecule has 2 rings (SSSR count). The fourth-order valence-electron chi connectivity index (χ4n) is 1.76. The summed E-state index contributed by atoms with van der Waals surface area (Å²) in [6.07, 6.45) is 3.46. The van der Waals surface area contributed by atoms with Crippen LogP contribution in [0.25, 0.3) is 11.4 Å². The van der Waals surface area contributed by atoms with E-state index in [9.17, 15) is 8.42 Å². The number of aromatic nitrogens is 2. The lowest BCUT2D eigenvalue weighted by Gasteiger charge is -2.08. The lowest BCUT2D eigenvalue weighted by molar-refractivity contribution is 0.590. The van der Waals surface area contributed by atoms with E-state index in [1.54, 1.807) is 31.5 Å². The van der Waals surface area contributed by atoms with E-state index < -0.39 is 9.84 Å². The number of hydrogen-bond donors (Lipinski definition) is 1. The Balaban J connectivity index is 2.21. The topological polar surface area (TPSA) is 78.0 Å². The van der Waals surface area contributed by atoms with Crippen LogP contribution >= 0.6 is 0 Å². The fourth-order valence-corrected chi connectivity index (χ4v) is 2.53. The van der Waals surface area contributed by atoms with Crippen LogP contribution in [0, 0.1) is 0 Å². The number of nitrogen functional groups attached to an aromatic ring is 1. The number of nitrogens with zero attached hydrogens (tertiary/aromatic N) is 2. The molecule has 0 amide bonds. The average Bonchev–Trinajstić information content (AvgIpc) is 2.86. The molecule has 0 unspecified atom stereocenters. The molecule has 0 bridgehead atoms. The van der Waals surface area contributed by atoms with Gasteiger partial charge in [-0.1, -0.05) is 6.92 Å². The molecular formula is C13H17N3O2S. The van der Waals surface area contributed by atoms with E-state index in [-0.39, 0.29) is 11.5 Å². The highest BCUT2D eigenvalue weighted by Gasteiger charge is 2.10. The van der Waals surface area contributed by atoms with Crippen LogP contribution in [-0.2, 0) is 16.4 Å². The van der Waals surface area contributed by atoms with Gasteiger partial charge in [-0.25, -0.2) is 13.4 Å². The van der Waals surface area contributed by atoms with Crippen LogP contribution in [0.3, 0.4) is 0 Å². The molecule has 0 aliphatic carbocycles. The summed E-state index contributed by atoms with van der Waals surface area (Å²) in [5, 5.41) is 0. The van der Waals surface area contributed by atoms with E-state index in [2.05, 4.69) is 4.98 Å². The van der Waals surface area contributed by atoms with Gasteiger partial charge in [0.15, 0.2) is 9.84 Å². The van der Waals surface area contributed by atoms with Crippen LogP contribution in [-0.4, -0.2) is 29.5 Å². The van der Waals surface area contributed by atoms with E-state index in [4.69, 9.17) is 5.73 Å². The smallest absolute Gasteiger partial charge is 0.151 e. The van der Waals surface area contributed by atoms with Crippen molar-refractivity contribution >= 4 is 15.5 Å². The van der Waals surface area contributed by atoms with Crippen molar-refractivity contribution < 1.29 is 8.42 Å². The second kappa shape index (κ2) is 5.44. The molecule has 19 heavy (non-hydrogen) atoms. The molecule has 5 nitrogen and oxygen atoms in total. The van der Waals surface area contributed by atoms with Crippen LogP contribution < -0.4 is 5.73 Å². The standard InChI is InChI=1S/C13H17N3O2S/c1-2-19(17,18)10-9-16-8-7-15-13(16)11-3-5-12(14)6-4-11/h3-8H,2,9-10,14H2,1H3. The lowest BCUT2D eigenvalue weighted by Crippen LogP contribution is -2.14. The number of aryl methyl sites for hydroxylation is 1. The number of anilines is 1. The van der Waals surface area contributed by atoms with Gasteiger partial charge in [-0.3, -0.25) is 0 Å². The molecule has 0 atom stereocenters. The average molecular weight is 279 g/mol. The first-order valence-electron chi connectivity index (χ1n) is 6.09. The van der Waals surface area contributed by atoms with Gasteiger partial charge in [0.25, 0.3) is 0 Å². The first-order chi connectivity index (χ1) is 9.02. The van der Waals surface area contributed by atoms with Crippen LogP contribution in [0.15, 0.2) is 36.7 Å². The van der Waals surface area contributed by atoms with Crippen molar-refractivity contribution in [2.24, 2.45) is 0 Å². The molecule has 2 aromatic rings. The molecule has 6 heteroatoms. The van der Waals surface area contributed by atoms with Crippen molar-refractivity contribution in [3.8, 4) is 11.4 Å². The summed E-state index contributed by atoms with van der Waals surface area (Å²) < 4.78 is 24.9. The van der Waals surface area contributed by atoms with Crippen molar-refractivity contribution in [1.29, 1.82) is 0 Å². The molecule has 0 saturated heterocycles. The summed E-state index contributed by atoms with van der Waals surface area (Å²) in [6.45, 7) is 2.07. The summed E-state index contributed by atoms with van der Waals surface area (Å²) in [6, 6.07) is 7.36. The Morgan fingerprint density at radius 3 is 2.58 bits per heavy atom. The third-order valence-electron chi connectivity index (χ3n) is 2.97. The minimum atomic E-state index is -2.97. The van der Waals surface area contributed by atoms with Crippen LogP contribution in [0.1, 0.15) is 6.92 Å². The van der Waals surface area contributed by atoms with E-state index >= 15 is 0 Å². The van der Waals surface area contributed by atoms with Crippen molar-refractivity contribution in [1.82, 2.24) is 9.55 Å². The van der Waals surface area contributed by atoms with Gasteiger partial charge in [0.05, 0.1) is 5.75 Å². The molecule has 1 heterocycles. The van der Waals surface area contributed by atoms with E-state index in [0.29, 0.717) is 12.2 Å². The first-order valence-corrected chi connectivity index (χ1v) is 7.91. The first kappa shape index (κ1) is 13.6. The summed E-state index contributed by atoms with van der Waals surface area (Å²) in [4.78, 5) is 4.27. The second-order valence-electron chi connectivity index (χ2n) is 4.30. The number of imidazole rings is 1. The molecule has 2 N–H and O–H groups in total. The summed E-state index contributed by atoms with van der Waals surface area (Å²) in [7, 11) is -2.97. The number of benzene rings is 1. The van der Waals surface area contributed by atoms with E-state index in [1.807, 2.05) is 16.7 Å². The largest absolute Gasteiger partial charge is 0.399 e. The Morgan fingerprint density at radius 2 is 1.95 bits per heavy atom. The van der Waals surface area contributed by atoms with Crippen LogP contribution in [0.5, 0.6) is 0 Å². The van der Waals surface area contributed by atoms with Crippen LogP contribution in [0.2, 0.25) is 0 Å². The normalized spacial score (nSPS) is 11.6. The zero-order valence-electron chi connectivity index (χ0n) is 10.8. The zero-order valence-corrected chi connectivity index (χ0v) is 11.6. The second-order valence-corrected chi connectivity index (χ2v) is 6.78. The maximum Gasteiger partial charge on any atom is 0.151 e. The highest BCUT2D eigenvalue weighted by molar-refractivity contribution is 7.91. The third kappa shape index (κ3) is 3.35. The molecule has 0 spiro atoms. The highest BCUT2D eigenvalue weighted by Crippen LogP contribution is 2.18. The van der Waals surface area contributed by atoms with E-state index in [0.717, 1.165) is 11.4 Å². The Labute approximate surface area is 113 Å². The van der Waals surface area contributed by atoms with Gasteiger partial charge in [0.2, 0.25) is 0 Å². The summed E-state index contributed by atoms with van der Waals surface area (Å²) >= 11 is 0. The Morgan fingerprint density at radius 1 is 1.26 bits per heavy atom. The van der Waals surface area contributed by atoms with E-state index in [1.165, 1.54) is 0 Å². The molecule has 0 radical (unpaired) electrons. The van der Waals surface area contributed by atoms with Crippen molar-refractivity contribution in [2.45, 2.75) is 13.5 Å². The Hall–Kier alpha value is -1.82. The van der Waals surface area contributed by atoms with Gasteiger partial charge in [-0.05, 0) is 24.3 Å². The summed E-state index contributed by atoms with van der Waals surface area (Å²) in [5.41, 5.74) is 7.26. The molecule has 102 valence electrons. The Kier molecular flexibility index (Phi) is 3.90. The molecule has 1 aromatic heterocycles. The van der Waals surface area contributed by atoms with Gasteiger partial charge < -0.3 is 10.3 Å². The van der Waals surface area contributed by atoms with Crippen LogP contribution in [0.4, 0.5) is 5.69 Å². The number of nitrogens with two attached hydrogens (primary N) is 1. The number of hydrogen-bond acceptors (Lipinski definition) is 4. The molecule has 0 fully saturated rings. The molecular weight excluding hydrogens is 262 g/mol. The number of sulfone groups is 1. The summed E-state index contributed by atoms with van der Waals surface area (Å²) in [5.74, 6) is 1.05. The fraction of sp³-hybridized carbons (Fsp3) is 0.308. The third-order valence-corrected chi connectivity index (χ3v) is 4.65. The molecule has 1 aromatic carbocycles. The SMILES string of the molecule is CCS(=O)(=O)CCn1ccnc1-c1ccc(N)cc1. The minimum absolute atomic E-state index is 0.127. The molecule has 0 saturated carbocycles. The lowest BCUT2D eigenvalue weighted by atomic mass is 10.2. The van der Waals surface area contributed by atoms with Gasteiger partial charge in [-0.2, -0.15) is 0 Å². The molecule has 0 aliphatic heterocycles. The van der Waals surface area contributed by atoms with Crippen molar-refractivity contribution in [3.63, 3.8) is 0 Å². The Bertz CT molecular complexity index is 645. The quantitative estimate of drug-likeness (QED) is 0.843. The monoisotopic (exact) mass is 279 g/mol. The zero-order chi connectivity index (χ0) is 13.9. The van der Waals surface area contributed by atoms with Gasteiger partial charge in [0, 0.05) is 35.9 Å². The highest BCUT2D eigenvalue weighted by atomic mass is 32.2. The maximum absolute atomic E-state index is 11.5. The van der Waals surface area contributed by atoms with Crippen molar-refractivity contribution in [3.05, 3.63) is 36.7 Å². The predicted molar refractivity (Wildman–Crippen MR) is 76.4 cm³/mol. The van der Waals surface area contributed by atoms with Gasteiger partial charge in [0.1, 0.15) is 5.82 Å². The minimum Gasteiger partial charge on any atom is -0.399 e. The number of rotatable bonds is 5. The molecule has 0 aliphatic rings.